The van der Waals surface area contributed by atoms with E-state index in [0.717, 1.165) is 0 Å². The van der Waals surface area contributed by atoms with E-state index in [9.17, 15) is 0 Å². The molecular weight excluding hydrogens is 194 g/mol. The van der Waals surface area contributed by atoms with E-state index in [0.29, 0.717) is 12.0 Å². The molecule has 0 heterocycles. The monoisotopic (exact) mass is 219 g/mol. The summed E-state index contributed by atoms with van der Waals surface area (Å²) in [5.74, 6) is 0.651. The molecule has 0 saturated carbocycles. The van der Waals surface area contributed by atoms with E-state index < -0.39 is 0 Å². The molecule has 2 unspecified atom stereocenters. The van der Waals surface area contributed by atoms with Crippen molar-refractivity contribution in [2.75, 3.05) is 0 Å². The molecule has 2 N–H and O–H groups in total. The lowest BCUT2D eigenvalue weighted by Crippen LogP contribution is -2.29. The normalized spacial score (nSPS) is 27.6. The van der Waals surface area contributed by atoms with E-state index in [2.05, 4.69) is 18.2 Å². The molecule has 0 fully saturated rings. The van der Waals surface area contributed by atoms with Crippen LogP contribution in [0.4, 0.5) is 0 Å². The zero-order chi connectivity index (χ0) is 11.2. The Labute approximate surface area is 99.8 Å². The van der Waals surface area contributed by atoms with E-state index in [1.807, 2.05) is 0 Å². The van der Waals surface area contributed by atoms with Gasteiger partial charge in [-0.05, 0) is 63.7 Å². The molecule has 0 aliphatic heterocycles. The highest BCUT2D eigenvalue weighted by Gasteiger charge is 2.17. The number of allylic oxidation sites excluding steroid dienone is 3. The summed E-state index contributed by atoms with van der Waals surface area (Å²) in [7, 11) is 0. The Hall–Kier alpha value is -0.560. The Morgan fingerprint density at radius 2 is 2.19 bits per heavy atom. The zero-order valence-electron chi connectivity index (χ0n) is 10.3. The molecule has 0 amide bonds. The minimum absolute atomic E-state index is 0.388. The highest BCUT2D eigenvalue weighted by molar-refractivity contribution is 5.06. The van der Waals surface area contributed by atoms with Crippen LogP contribution >= 0.6 is 0 Å². The SMILES string of the molecule is NC(CCC1=CCCCC1)C1C=CCCC1. The molecular formula is C15H25N. The standard InChI is InChI=1S/C15H25N/c16-15(14-9-5-2-6-10-14)12-11-13-7-3-1-4-8-13/h5,7,9,14-15H,1-4,6,8,10-12,16H2. The first-order chi connectivity index (χ1) is 7.86. The molecule has 1 heteroatoms. The Morgan fingerprint density at radius 3 is 2.88 bits per heavy atom. The van der Waals surface area contributed by atoms with Crippen LogP contribution in [0.1, 0.15) is 57.8 Å². The second-order valence-corrected chi connectivity index (χ2v) is 5.33. The summed E-state index contributed by atoms with van der Waals surface area (Å²) < 4.78 is 0. The van der Waals surface area contributed by atoms with Crippen molar-refractivity contribution in [2.45, 2.75) is 63.8 Å². The van der Waals surface area contributed by atoms with E-state index in [1.165, 1.54) is 57.8 Å². The lowest BCUT2D eigenvalue weighted by Gasteiger charge is -2.24. The highest BCUT2D eigenvalue weighted by Crippen LogP contribution is 2.25. The molecule has 2 atom stereocenters. The van der Waals surface area contributed by atoms with Crippen LogP contribution in [-0.2, 0) is 0 Å². The zero-order valence-corrected chi connectivity index (χ0v) is 10.3. The van der Waals surface area contributed by atoms with Crippen LogP contribution in [0.2, 0.25) is 0 Å². The van der Waals surface area contributed by atoms with Crippen LogP contribution in [0, 0.1) is 5.92 Å². The maximum atomic E-state index is 6.29. The van der Waals surface area contributed by atoms with Crippen LogP contribution in [0.3, 0.4) is 0 Å². The molecule has 2 rings (SSSR count). The highest BCUT2D eigenvalue weighted by atomic mass is 14.6. The van der Waals surface area contributed by atoms with Crippen molar-refractivity contribution in [3.63, 3.8) is 0 Å². The van der Waals surface area contributed by atoms with Gasteiger partial charge in [0.1, 0.15) is 0 Å². The molecule has 0 radical (unpaired) electrons. The van der Waals surface area contributed by atoms with Gasteiger partial charge in [0.05, 0.1) is 0 Å². The van der Waals surface area contributed by atoms with Crippen LogP contribution < -0.4 is 5.73 Å². The Kier molecular flexibility index (Phi) is 4.65. The first kappa shape index (κ1) is 11.9. The smallest absolute Gasteiger partial charge is 0.0105 e. The fraction of sp³-hybridized carbons (Fsp3) is 0.733. The van der Waals surface area contributed by atoms with Crippen LogP contribution in [0.15, 0.2) is 23.8 Å². The number of hydrogen-bond acceptors (Lipinski definition) is 1. The quantitative estimate of drug-likeness (QED) is 0.712. The van der Waals surface area contributed by atoms with Crippen molar-refractivity contribution in [1.82, 2.24) is 0 Å². The summed E-state index contributed by atoms with van der Waals surface area (Å²) in [5, 5.41) is 0. The Morgan fingerprint density at radius 1 is 1.25 bits per heavy atom. The first-order valence-electron chi connectivity index (χ1n) is 6.96. The van der Waals surface area contributed by atoms with Gasteiger partial charge in [-0.2, -0.15) is 0 Å². The van der Waals surface area contributed by atoms with E-state index in [1.54, 1.807) is 5.57 Å². The third kappa shape index (κ3) is 3.48. The van der Waals surface area contributed by atoms with Gasteiger partial charge in [-0.1, -0.05) is 23.8 Å². The molecule has 16 heavy (non-hydrogen) atoms. The summed E-state index contributed by atoms with van der Waals surface area (Å²) in [6.07, 6.45) is 18.8. The average Bonchev–Trinajstić information content (AvgIpc) is 2.38. The predicted octanol–water partition coefficient (Wildman–Crippen LogP) is 3.95. The summed E-state index contributed by atoms with van der Waals surface area (Å²) in [6, 6.07) is 0.388. The summed E-state index contributed by atoms with van der Waals surface area (Å²) in [6.45, 7) is 0. The van der Waals surface area contributed by atoms with E-state index in [4.69, 9.17) is 5.73 Å². The first-order valence-corrected chi connectivity index (χ1v) is 6.96. The van der Waals surface area contributed by atoms with E-state index in [-0.39, 0.29) is 0 Å². The van der Waals surface area contributed by atoms with Crippen molar-refractivity contribution in [2.24, 2.45) is 11.7 Å². The van der Waals surface area contributed by atoms with Gasteiger partial charge in [-0.15, -0.1) is 0 Å². The van der Waals surface area contributed by atoms with Crippen molar-refractivity contribution in [3.8, 4) is 0 Å². The Balaban J connectivity index is 1.74. The molecule has 2 aliphatic carbocycles. The van der Waals surface area contributed by atoms with Crippen molar-refractivity contribution < 1.29 is 0 Å². The molecule has 0 aromatic rings. The average molecular weight is 219 g/mol. The maximum absolute atomic E-state index is 6.29. The van der Waals surface area contributed by atoms with Crippen LogP contribution in [0.25, 0.3) is 0 Å². The van der Waals surface area contributed by atoms with Gasteiger partial charge < -0.3 is 5.73 Å². The lowest BCUT2D eigenvalue weighted by molar-refractivity contribution is 0.420. The second kappa shape index (κ2) is 6.24. The largest absolute Gasteiger partial charge is 0.327 e. The minimum Gasteiger partial charge on any atom is -0.327 e. The molecule has 1 nitrogen and oxygen atoms in total. The summed E-state index contributed by atoms with van der Waals surface area (Å²) in [4.78, 5) is 0. The van der Waals surface area contributed by atoms with Crippen molar-refractivity contribution >= 4 is 0 Å². The lowest BCUT2D eigenvalue weighted by atomic mass is 9.85. The third-order valence-corrected chi connectivity index (χ3v) is 4.03. The second-order valence-electron chi connectivity index (χ2n) is 5.33. The minimum atomic E-state index is 0.388. The number of rotatable bonds is 4. The number of hydrogen-bond donors (Lipinski definition) is 1. The topological polar surface area (TPSA) is 26.0 Å². The van der Waals surface area contributed by atoms with Gasteiger partial charge >= 0.3 is 0 Å². The van der Waals surface area contributed by atoms with E-state index >= 15 is 0 Å². The maximum Gasteiger partial charge on any atom is 0.0105 e. The number of nitrogens with two attached hydrogens (primary N) is 1. The van der Waals surface area contributed by atoms with Crippen LogP contribution in [-0.4, -0.2) is 6.04 Å². The van der Waals surface area contributed by atoms with Crippen molar-refractivity contribution in [3.05, 3.63) is 23.8 Å². The molecule has 2 aliphatic rings. The Bertz CT molecular complexity index is 265. The summed E-state index contributed by atoms with van der Waals surface area (Å²) >= 11 is 0. The van der Waals surface area contributed by atoms with Crippen LogP contribution in [0.5, 0.6) is 0 Å². The fourth-order valence-corrected chi connectivity index (χ4v) is 2.89. The molecule has 0 aromatic heterocycles. The molecule has 0 spiro atoms. The summed E-state index contributed by atoms with van der Waals surface area (Å²) in [5.41, 5.74) is 7.96. The molecule has 0 saturated heterocycles. The molecule has 90 valence electrons. The van der Waals surface area contributed by atoms with Gasteiger partial charge in [-0.3, -0.25) is 0 Å². The molecule has 0 bridgehead atoms. The van der Waals surface area contributed by atoms with Gasteiger partial charge in [0.2, 0.25) is 0 Å². The molecule has 0 aromatic carbocycles. The van der Waals surface area contributed by atoms with Gasteiger partial charge in [0, 0.05) is 6.04 Å². The van der Waals surface area contributed by atoms with Crippen molar-refractivity contribution in [1.29, 1.82) is 0 Å². The van der Waals surface area contributed by atoms with Gasteiger partial charge in [0.25, 0.3) is 0 Å². The van der Waals surface area contributed by atoms with Gasteiger partial charge in [-0.25, -0.2) is 0 Å². The third-order valence-electron chi connectivity index (χ3n) is 4.03. The predicted molar refractivity (Wildman–Crippen MR) is 70.2 cm³/mol. The van der Waals surface area contributed by atoms with Gasteiger partial charge in [0.15, 0.2) is 0 Å². The fourth-order valence-electron chi connectivity index (χ4n) is 2.89.